The lowest BCUT2D eigenvalue weighted by molar-refractivity contribution is -0.137. The van der Waals surface area contributed by atoms with Crippen LogP contribution in [0.3, 0.4) is 0 Å². The van der Waals surface area contributed by atoms with Crippen molar-refractivity contribution in [2.75, 3.05) is 20.5 Å². The van der Waals surface area contributed by atoms with Gasteiger partial charge >= 0.3 is 5.97 Å². The number of carbonyl (C=O) groups is 1. The highest BCUT2D eigenvalue weighted by atomic mass is 32.2. The molecule has 0 amide bonds. The highest BCUT2D eigenvalue weighted by Gasteiger charge is 2.28. The third-order valence-corrected chi connectivity index (χ3v) is 3.86. The predicted octanol–water partition coefficient (Wildman–Crippen LogP) is 0.582. The summed E-state index contributed by atoms with van der Waals surface area (Å²) in [6.07, 6.45) is 0.577. The molecule has 7 nitrogen and oxygen atoms in total. The van der Waals surface area contributed by atoms with E-state index in [4.69, 9.17) is 20.3 Å². The summed E-state index contributed by atoms with van der Waals surface area (Å²) in [5.41, 5.74) is 5.92. The van der Waals surface area contributed by atoms with Crippen molar-refractivity contribution in [2.45, 2.75) is 17.4 Å². The summed E-state index contributed by atoms with van der Waals surface area (Å²) in [6.45, 7) is 0. The Hall–Kier alpha value is -1.80. The summed E-state index contributed by atoms with van der Waals surface area (Å²) in [4.78, 5) is 10.7. The minimum atomic E-state index is -3.67. The molecule has 112 valence electrons. The molecule has 3 N–H and O–H groups in total. The smallest absolute Gasteiger partial charge is 0.305 e. The van der Waals surface area contributed by atoms with Crippen LogP contribution < -0.4 is 15.2 Å². The quantitative estimate of drug-likeness (QED) is 0.789. The van der Waals surface area contributed by atoms with Gasteiger partial charge in [0.05, 0.1) is 20.6 Å². The second-order valence-corrected chi connectivity index (χ2v) is 6.14. The molecule has 0 radical (unpaired) electrons. The Labute approximate surface area is 117 Å². The molecule has 1 atom stereocenters. The first-order valence-corrected chi connectivity index (χ1v) is 7.53. The van der Waals surface area contributed by atoms with Crippen LogP contribution in [-0.4, -0.2) is 40.0 Å². The zero-order valence-corrected chi connectivity index (χ0v) is 12.2. The van der Waals surface area contributed by atoms with E-state index in [1.165, 1.54) is 26.4 Å². The van der Waals surface area contributed by atoms with E-state index >= 15 is 0 Å². The first-order chi connectivity index (χ1) is 9.22. The minimum Gasteiger partial charge on any atom is -0.496 e. The molecular weight excluding hydrogens is 286 g/mol. The van der Waals surface area contributed by atoms with E-state index in [2.05, 4.69) is 0 Å². The van der Waals surface area contributed by atoms with Crippen molar-refractivity contribution in [1.29, 1.82) is 0 Å². The molecule has 0 saturated carbocycles. The number of methoxy groups -OCH3 is 2. The maximum absolute atomic E-state index is 12.0. The van der Waals surface area contributed by atoms with E-state index in [1.807, 2.05) is 0 Å². The molecule has 1 rings (SSSR count). The monoisotopic (exact) mass is 303 g/mol. The molecule has 1 aromatic rings. The number of aliphatic carboxylic acids is 1. The Balaban J connectivity index is 3.63. The molecule has 1 aromatic carbocycles. The Morgan fingerprint density at radius 2 is 1.80 bits per heavy atom. The van der Waals surface area contributed by atoms with E-state index in [-0.39, 0.29) is 22.0 Å². The van der Waals surface area contributed by atoms with Crippen LogP contribution in [0, 0.1) is 0 Å². The number of sulfone groups is 1. The van der Waals surface area contributed by atoms with Crippen LogP contribution in [0.5, 0.6) is 11.5 Å². The molecule has 0 aliphatic heterocycles. The molecule has 0 bridgehead atoms. The van der Waals surface area contributed by atoms with Crippen LogP contribution in [0.1, 0.15) is 18.0 Å². The van der Waals surface area contributed by atoms with Crippen LogP contribution in [0.4, 0.5) is 0 Å². The molecular formula is C12H17NO6S. The standard InChI is InChI=1S/C12H17NO6S/c1-18-8-4-5-9(19-2)12(20(3,16)17)11(8)7(13)6-10(14)15/h4-5,7H,6,13H2,1-3H3,(H,14,15). The van der Waals surface area contributed by atoms with E-state index < -0.39 is 28.3 Å². The molecule has 0 saturated heterocycles. The van der Waals surface area contributed by atoms with Crippen LogP contribution in [0.25, 0.3) is 0 Å². The first-order valence-electron chi connectivity index (χ1n) is 5.64. The van der Waals surface area contributed by atoms with Gasteiger partial charge < -0.3 is 20.3 Å². The van der Waals surface area contributed by atoms with Crippen molar-refractivity contribution in [1.82, 2.24) is 0 Å². The fraction of sp³-hybridized carbons (Fsp3) is 0.417. The van der Waals surface area contributed by atoms with Crippen molar-refractivity contribution in [2.24, 2.45) is 5.73 Å². The summed E-state index contributed by atoms with van der Waals surface area (Å²) in [5.74, 6) is -0.828. The van der Waals surface area contributed by atoms with Gasteiger partial charge in [-0.3, -0.25) is 4.79 Å². The van der Waals surface area contributed by atoms with Gasteiger partial charge in [-0.2, -0.15) is 0 Å². The van der Waals surface area contributed by atoms with Gasteiger partial charge in [0, 0.05) is 17.9 Å². The van der Waals surface area contributed by atoms with Crippen molar-refractivity contribution in [3.05, 3.63) is 17.7 Å². The van der Waals surface area contributed by atoms with E-state index in [1.54, 1.807) is 0 Å². The van der Waals surface area contributed by atoms with Crippen LogP contribution in [-0.2, 0) is 14.6 Å². The van der Waals surface area contributed by atoms with Gasteiger partial charge in [-0.15, -0.1) is 0 Å². The van der Waals surface area contributed by atoms with Gasteiger partial charge in [0.2, 0.25) is 0 Å². The summed E-state index contributed by atoms with van der Waals surface area (Å²) in [5, 5.41) is 8.83. The lowest BCUT2D eigenvalue weighted by Crippen LogP contribution is -2.19. The number of hydrogen-bond acceptors (Lipinski definition) is 6. The van der Waals surface area contributed by atoms with Gasteiger partial charge in [-0.1, -0.05) is 0 Å². The van der Waals surface area contributed by atoms with E-state index in [0.717, 1.165) is 6.26 Å². The normalized spacial score (nSPS) is 12.8. The van der Waals surface area contributed by atoms with Gasteiger partial charge in [0.25, 0.3) is 0 Å². The summed E-state index contributed by atoms with van der Waals surface area (Å²) >= 11 is 0. The predicted molar refractivity (Wildman–Crippen MR) is 71.8 cm³/mol. The average molecular weight is 303 g/mol. The second-order valence-electron chi connectivity index (χ2n) is 4.19. The van der Waals surface area contributed by atoms with E-state index in [0.29, 0.717) is 0 Å². The topological polar surface area (TPSA) is 116 Å². The largest absolute Gasteiger partial charge is 0.496 e. The molecule has 20 heavy (non-hydrogen) atoms. The summed E-state index contributed by atoms with van der Waals surface area (Å²) in [6, 6.07) is 1.90. The molecule has 1 unspecified atom stereocenters. The molecule has 0 aromatic heterocycles. The number of nitrogens with two attached hydrogens (primary N) is 1. The fourth-order valence-corrected chi connectivity index (χ4v) is 3.09. The Kier molecular flexibility index (Phi) is 4.96. The Bertz CT molecular complexity index is 611. The van der Waals surface area contributed by atoms with Gasteiger partial charge in [0.15, 0.2) is 9.84 Å². The number of carboxylic acid groups (broad SMARTS) is 1. The van der Waals surface area contributed by atoms with Crippen molar-refractivity contribution in [3.8, 4) is 11.5 Å². The maximum Gasteiger partial charge on any atom is 0.305 e. The molecule has 0 spiro atoms. The lowest BCUT2D eigenvalue weighted by atomic mass is 10.0. The number of benzene rings is 1. The van der Waals surface area contributed by atoms with Gasteiger partial charge in [-0.25, -0.2) is 8.42 Å². The third kappa shape index (κ3) is 3.40. The zero-order valence-electron chi connectivity index (χ0n) is 11.4. The highest BCUT2D eigenvalue weighted by molar-refractivity contribution is 7.90. The molecule has 0 fully saturated rings. The highest BCUT2D eigenvalue weighted by Crippen LogP contribution is 2.38. The third-order valence-electron chi connectivity index (χ3n) is 2.70. The summed E-state index contributed by atoms with van der Waals surface area (Å²) < 4.78 is 34.0. The molecule has 0 heterocycles. The molecule has 0 aliphatic carbocycles. The maximum atomic E-state index is 12.0. The van der Waals surface area contributed by atoms with Gasteiger partial charge in [-0.05, 0) is 12.1 Å². The summed E-state index contributed by atoms with van der Waals surface area (Å²) in [7, 11) is -0.993. The average Bonchev–Trinajstić information content (AvgIpc) is 2.34. The number of rotatable bonds is 6. The van der Waals surface area contributed by atoms with Crippen LogP contribution >= 0.6 is 0 Å². The second kappa shape index (κ2) is 6.10. The van der Waals surface area contributed by atoms with Crippen molar-refractivity contribution >= 4 is 15.8 Å². The van der Waals surface area contributed by atoms with E-state index in [9.17, 15) is 13.2 Å². The fourth-order valence-electron chi connectivity index (χ4n) is 1.92. The minimum absolute atomic E-state index is 0.101. The van der Waals surface area contributed by atoms with Crippen LogP contribution in [0.15, 0.2) is 17.0 Å². The van der Waals surface area contributed by atoms with Crippen molar-refractivity contribution in [3.63, 3.8) is 0 Å². The molecule has 0 aliphatic rings. The Morgan fingerprint density at radius 1 is 1.30 bits per heavy atom. The van der Waals surface area contributed by atoms with Crippen molar-refractivity contribution < 1.29 is 27.8 Å². The Morgan fingerprint density at radius 3 is 2.20 bits per heavy atom. The van der Waals surface area contributed by atoms with Crippen LogP contribution in [0.2, 0.25) is 0 Å². The lowest BCUT2D eigenvalue weighted by Gasteiger charge is -2.19. The zero-order chi connectivity index (χ0) is 15.5. The SMILES string of the molecule is COc1ccc(OC)c(S(C)(=O)=O)c1C(N)CC(=O)O. The number of carboxylic acids is 1. The number of hydrogen-bond donors (Lipinski definition) is 2. The molecule has 8 heteroatoms. The number of ether oxygens (including phenoxy) is 2. The first kappa shape index (κ1) is 16.3. The van der Waals surface area contributed by atoms with Gasteiger partial charge in [0.1, 0.15) is 16.4 Å².